The Labute approximate surface area is 117 Å². The van der Waals surface area contributed by atoms with Crippen LogP contribution in [0.3, 0.4) is 0 Å². The Morgan fingerprint density at radius 3 is 1.42 bits per heavy atom. The summed E-state index contributed by atoms with van der Waals surface area (Å²) in [4.78, 5) is 24.7. The van der Waals surface area contributed by atoms with Crippen LogP contribution in [0, 0.1) is 0 Å². The molecule has 0 spiro atoms. The molecule has 0 atom stereocenters. The number of carbonyl (C=O) groups excluding carboxylic acids is 2. The number of ether oxygens (including phenoxy) is 2. The molecule has 0 aliphatic heterocycles. The largest absolute Gasteiger partial charge is 0.470 e. The first-order chi connectivity index (χ1) is 9.08. The predicted molar refractivity (Wildman–Crippen MR) is 79.2 cm³/mol. The summed E-state index contributed by atoms with van der Waals surface area (Å²) in [6.07, 6.45) is 3.71. The molecule has 0 saturated carbocycles. The van der Waals surface area contributed by atoms with Gasteiger partial charge in [0.15, 0.2) is 0 Å². The maximum absolute atomic E-state index is 12.3. The zero-order valence-corrected chi connectivity index (χ0v) is 13.8. The number of unbranched alkanes of at least 4 members (excludes halogenated alkanes) is 2. The van der Waals surface area contributed by atoms with Crippen molar-refractivity contribution in [3.8, 4) is 0 Å². The van der Waals surface area contributed by atoms with E-state index in [0.717, 1.165) is 25.7 Å². The molecule has 0 N–H and O–H groups in total. The monoisotopic (exact) mass is 288 g/mol. The molecule has 0 aliphatic rings. The van der Waals surface area contributed by atoms with Gasteiger partial charge < -0.3 is 9.47 Å². The number of rotatable bonds is 10. The van der Waals surface area contributed by atoms with Gasteiger partial charge in [-0.15, -0.1) is 0 Å². The average molecular weight is 288 g/mol. The zero-order valence-electron chi connectivity index (χ0n) is 12.8. The van der Waals surface area contributed by atoms with Gasteiger partial charge in [0.1, 0.15) is 0 Å². The lowest BCUT2D eigenvalue weighted by Gasteiger charge is -2.26. The van der Waals surface area contributed by atoms with E-state index in [1.54, 1.807) is 13.8 Å². The summed E-state index contributed by atoms with van der Waals surface area (Å²) in [6.45, 7) is 8.34. The van der Waals surface area contributed by atoms with E-state index in [9.17, 15) is 9.59 Å². The van der Waals surface area contributed by atoms with Crippen molar-refractivity contribution < 1.29 is 19.1 Å². The fourth-order valence-electron chi connectivity index (χ4n) is 2.11. The molecule has 0 bridgehead atoms. The molecule has 0 aromatic carbocycles. The normalized spacial score (nSPS) is 11.2. The van der Waals surface area contributed by atoms with E-state index >= 15 is 0 Å². The first-order valence-electron chi connectivity index (χ1n) is 7.43. The van der Waals surface area contributed by atoms with Crippen LogP contribution < -0.4 is 0 Å². The fraction of sp³-hybridized carbons (Fsp3) is 0.857. The Hall–Kier alpha value is -0.843. The van der Waals surface area contributed by atoms with E-state index in [4.69, 9.17) is 9.47 Å². The van der Waals surface area contributed by atoms with Gasteiger partial charge in [0.2, 0.25) is 0 Å². The average Bonchev–Trinajstić information content (AvgIpc) is 2.40. The minimum atomic E-state index is -2.81. The minimum Gasteiger partial charge on any atom is -0.470 e. The SMILES string of the molecule is CCCC[Si](CCCC)(C(=O)OCC)C(=O)OCC. The molecule has 4 nitrogen and oxygen atoms in total. The summed E-state index contributed by atoms with van der Waals surface area (Å²) in [7, 11) is -2.81. The van der Waals surface area contributed by atoms with Crippen LogP contribution in [0.1, 0.15) is 53.4 Å². The van der Waals surface area contributed by atoms with Gasteiger partial charge in [-0.25, -0.2) is 0 Å². The maximum atomic E-state index is 12.3. The molecular formula is C14H28O4Si. The van der Waals surface area contributed by atoms with Crippen LogP contribution in [0.4, 0.5) is 9.59 Å². The third-order valence-corrected chi connectivity index (χ3v) is 7.51. The van der Waals surface area contributed by atoms with E-state index in [-0.39, 0.29) is 11.2 Å². The summed E-state index contributed by atoms with van der Waals surface area (Å²) >= 11 is 0. The van der Waals surface area contributed by atoms with Crippen LogP contribution in [0.15, 0.2) is 0 Å². The zero-order chi connectivity index (χ0) is 14.7. The Morgan fingerprint density at radius 2 is 1.16 bits per heavy atom. The molecule has 19 heavy (non-hydrogen) atoms. The second-order valence-corrected chi connectivity index (χ2v) is 8.71. The smallest absolute Gasteiger partial charge is 0.311 e. The number of carbonyl (C=O) groups is 2. The van der Waals surface area contributed by atoms with Gasteiger partial charge in [-0.3, -0.25) is 9.59 Å². The van der Waals surface area contributed by atoms with Crippen LogP contribution >= 0.6 is 0 Å². The van der Waals surface area contributed by atoms with E-state index in [1.807, 2.05) is 0 Å². The molecule has 0 aromatic heterocycles. The van der Waals surface area contributed by atoms with E-state index in [2.05, 4.69) is 13.8 Å². The Bertz CT molecular complexity index is 251. The van der Waals surface area contributed by atoms with Gasteiger partial charge >= 0.3 is 8.07 Å². The summed E-state index contributed by atoms with van der Waals surface area (Å²) in [5.41, 5.74) is -0.564. The van der Waals surface area contributed by atoms with Gasteiger partial charge in [0, 0.05) is 0 Å². The van der Waals surface area contributed by atoms with Crippen LogP contribution in [0.25, 0.3) is 0 Å². The van der Waals surface area contributed by atoms with Crippen molar-refractivity contribution in [1.29, 1.82) is 0 Å². The molecule has 0 rings (SSSR count). The quantitative estimate of drug-likeness (QED) is 0.555. The molecule has 0 unspecified atom stereocenters. The Balaban J connectivity index is 5.16. The summed E-state index contributed by atoms with van der Waals surface area (Å²) < 4.78 is 10.4. The van der Waals surface area contributed by atoms with E-state index in [0.29, 0.717) is 25.3 Å². The topological polar surface area (TPSA) is 52.6 Å². The molecule has 112 valence electrons. The van der Waals surface area contributed by atoms with E-state index in [1.165, 1.54) is 0 Å². The molecule has 0 aromatic rings. The highest BCUT2D eigenvalue weighted by molar-refractivity contribution is 7.23. The first-order valence-corrected chi connectivity index (χ1v) is 9.84. The molecule has 0 amide bonds. The highest BCUT2D eigenvalue weighted by atomic mass is 28.3. The Kier molecular flexibility index (Phi) is 9.56. The lowest BCUT2D eigenvalue weighted by Crippen LogP contribution is -2.53. The third-order valence-electron chi connectivity index (χ3n) is 3.25. The number of hydrogen-bond donors (Lipinski definition) is 0. The highest BCUT2D eigenvalue weighted by Gasteiger charge is 2.51. The molecule has 5 heteroatoms. The third kappa shape index (κ3) is 5.34. The fourth-order valence-corrected chi connectivity index (χ4v) is 6.10. The highest BCUT2D eigenvalue weighted by Crippen LogP contribution is 2.26. The lowest BCUT2D eigenvalue weighted by molar-refractivity contribution is 0.166. The summed E-state index contributed by atoms with van der Waals surface area (Å²) in [6, 6.07) is 1.31. The van der Waals surface area contributed by atoms with Crippen molar-refractivity contribution in [2.45, 2.75) is 65.5 Å². The number of hydrogen-bond acceptors (Lipinski definition) is 4. The van der Waals surface area contributed by atoms with Gasteiger partial charge in [0.05, 0.1) is 13.2 Å². The van der Waals surface area contributed by atoms with Gasteiger partial charge in [-0.1, -0.05) is 39.5 Å². The van der Waals surface area contributed by atoms with E-state index < -0.39 is 8.07 Å². The second kappa shape index (κ2) is 10.0. The van der Waals surface area contributed by atoms with Gasteiger partial charge in [-0.05, 0) is 25.9 Å². The molecule has 0 saturated heterocycles. The van der Waals surface area contributed by atoms with Crippen molar-refractivity contribution in [1.82, 2.24) is 0 Å². The molecule has 0 fully saturated rings. The van der Waals surface area contributed by atoms with Gasteiger partial charge in [-0.2, -0.15) is 0 Å². The van der Waals surface area contributed by atoms with Crippen molar-refractivity contribution >= 4 is 19.3 Å². The minimum absolute atomic E-state index is 0.282. The molecule has 0 radical (unpaired) electrons. The van der Waals surface area contributed by atoms with Crippen LogP contribution in [0.2, 0.25) is 12.1 Å². The summed E-state index contributed by atoms with van der Waals surface area (Å²) in [5, 5.41) is 0. The van der Waals surface area contributed by atoms with Crippen molar-refractivity contribution in [2.24, 2.45) is 0 Å². The van der Waals surface area contributed by atoms with Crippen LogP contribution in [0.5, 0.6) is 0 Å². The van der Waals surface area contributed by atoms with Crippen molar-refractivity contribution in [3.05, 3.63) is 0 Å². The lowest BCUT2D eigenvalue weighted by atomic mass is 10.4. The van der Waals surface area contributed by atoms with Gasteiger partial charge in [0.25, 0.3) is 11.2 Å². The van der Waals surface area contributed by atoms with Crippen LogP contribution in [-0.2, 0) is 9.47 Å². The second-order valence-electron chi connectivity index (χ2n) is 4.73. The molecular weight excluding hydrogens is 260 g/mol. The first kappa shape index (κ1) is 18.2. The molecule has 0 aliphatic carbocycles. The molecule has 0 heterocycles. The predicted octanol–water partition coefficient (Wildman–Crippen LogP) is 4.51. The Morgan fingerprint density at radius 1 is 0.789 bits per heavy atom. The van der Waals surface area contributed by atoms with Crippen LogP contribution in [-0.4, -0.2) is 32.5 Å². The van der Waals surface area contributed by atoms with Crippen molar-refractivity contribution in [3.63, 3.8) is 0 Å². The maximum Gasteiger partial charge on any atom is 0.311 e. The standard InChI is InChI=1S/C14H28O4Si/c1-5-9-11-19(12-10-6-2,13(15)17-7-3)14(16)18-8-4/h5-12H2,1-4H3. The van der Waals surface area contributed by atoms with Crippen molar-refractivity contribution in [2.75, 3.05) is 13.2 Å². The summed E-state index contributed by atoms with van der Waals surface area (Å²) in [5.74, 6) is 0.